The van der Waals surface area contributed by atoms with E-state index in [9.17, 15) is 4.79 Å². The zero-order valence-corrected chi connectivity index (χ0v) is 13.8. The molecular weight excluding hydrogens is 292 g/mol. The van der Waals surface area contributed by atoms with Crippen LogP contribution in [0.3, 0.4) is 0 Å². The van der Waals surface area contributed by atoms with E-state index in [4.69, 9.17) is 14.2 Å². The average molecular weight is 314 g/mol. The Bertz CT molecular complexity index is 625. The first-order valence-electron chi connectivity index (χ1n) is 7.56. The summed E-state index contributed by atoms with van der Waals surface area (Å²) in [5.74, 6) is 1.56. The maximum atomic E-state index is 12.4. The summed E-state index contributed by atoms with van der Waals surface area (Å²) in [4.78, 5) is 12.4. The van der Waals surface area contributed by atoms with Crippen LogP contribution in [0.25, 0.3) is 0 Å². The van der Waals surface area contributed by atoms with E-state index in [2.05, 4.69) is 12.1 Å². The maximum absolute atomic E-state index is 12.4. The van der Waals surface area contributed by atoms with E-state index < -0.39 is 0 Å². The Labute approximate surface area is 137 Å². The summed E-state index contributed by atoms with van der Waals surface area (Å²) in [6.07, 6.45) is 2.17. The van der Waals surface area contributed by atoms with Gasteiger partial charge in [0.05, 0.1) is 21.3 Å². The minimum absolute atomic E-state index is 0.0696. The fourth-order valence-electron chi connectivity index (χ4n) is 2.48. The van der Waals surface area contributed by atoms with Crippen LogP contribution in [0.1, 0.15) is 28.8 Å². The highest BCUT2D eigenvalue weighted by atomic mass is 16.5. The molecule has 0 radical (unpaired) electrons. The molecule has 4 nitrogen and oxygen atoms in total. The van der Waals surface area contributed by atoms with Crippen LogP contribution in [0.2, 0.25) is 0 Å². The second-order valence-corrected chi connectivity index (χ2v) is 5.18. The molecule has 0 spiro atoms. The Kier molecular flexibility index (Phi) is 6.03. The molecule has 0 bridgehead atoms. The van der Waals surface area contributed by atoms with Crippen molar-refractivity contribution >= 4 is 5.78 Å². The lowest BCUT2D eigenvalue weighted by atomic mass is 10.0. The maximum Gasteiger partial charge on any atom is 0.203 e. The van der Waals surface area contributed by atoms with E-state index >= 15 is 0 Å². The summed E-state index contributed by atoms with van der Waals surface area (Å²) in [6.45, 7) is 0. The molecule has 0 aliphatic carbocycles. The van der Waals surface area contributed by atoms with Gasteiger partial charge >= 0.3 is 0 Å². The number of methoxy groups -OCH3 is 3. The second kappa shape index (κ2) is 8.22. The zero-order chi connectivity index (χ0) is 16.7. The normalized spacial score (nSPS) is 10.2. The quantitative estimate of drug-likeness (QED) is 0.693. The molecule has 2 aromatic carbocycles. The van der Waals surface area contributed by atoms with Crippen LogP contribution in [0.15, 0.2) is 42.5 Å². The lowest BCUT2D eigenvalue weighted by Crippen LogP contribution is -2.03. The number of benzene rings is 2. The number of ketones is 1. The molecule has 2 rings (SSSR count). The van der Waals surface area contributed by atoms with Crippen molar-refractivity contribution in [1.82, 2.24) is 0 Å². The van der Waals surface area contributed by atoms with E-state index in [1.807, 2.05) is 18.2 Å². The number of hydrogen-bond donors (Lipinski definition) is 0. The van der Waals surface area contributed by atoms with Crippen molar-refractivity contribution in [2.24, 2.45) is 0 Å². The molecule has 122 valence electrons. The topological polar surface area (TPSA) is 44.8 Å². The molecule has 0 fully saturated rings. The predicted octanol–water partition coefficient (Wildman–Crippen LogP) is 3.92. The van der Waals surface area contributed by atoms with Crippen molar-refractivity contribution in [1.29, 1.82) is 0 Å². The van der Waals surface area contributed by atoms with Crippen molar-refractivity contribution < 1.29 is 19.0 Å². The van der Waals surface area contributed by atoms with Crippen molar-refractivity contribution in [2.45, 2.75) is 19.3 Å². The lowest BCUT2D eigenvalue weighted by molar-refractivity contribution is 0.0979. The smallest absolute Gasteiger partial charge is 0.203 e. The third-order valence-corrected chi connectivity index (χ3v) is 3.70. The molecule has 0 aromatic heterocycles. The molecule has 0 unspecified atom stereocenters. The number of rotatable bonds is 8. The molecule has 4 heteroatoms. The molecule has 2 aromatic rings. The van der Waals surface area contributed by atoms with Crippen molar-refractivity contribution in [3.63, 3.8) is 0 Å². The summed E-state index contributed by atoms with van der Waals surface area (Å²) >= 11 is 0. The molecule has 0 aliphatic heterocycles. The van der Waals surface area contributed by atoms with Crippen LogP contribution in [0.4, 0.5) is 0 Å². The SMILES string of the molecule is COc1cc(C(=O)CCCc2ccccc2)cc(OC)c1OC. The van der Waals surface area contributed by atoms with Crippen LogP contribution in [-0.4, -0.2) is 27.1 Å². The molecule has 0 saturated heterocycles. The molecule has 0 heterocycles. The molecule has 0 atom stereocenters. The molecule has 0 saturated carbocycles. The minimum Gasteiger partial charge on any atom is -0.493 e. The van der Waals surface area contributed by atoms with Gasteiger partial charge in [0.2, 0.25) is 5.75 Å². The van der Waals surface area contributed by atoms with Gasteiger partial charge in [-0.2, -0.15) is 0 Å². The monoisotopic (exact) mass is 314 g/mol. The molecule has 0 aliphatic rings. The standard InChI is InChI=1S/C19H22O4/c1-21-17-12-15(13-18(22-2)19(17)23-3)16(20)11-7-10-14-8-5-4-6-9-14/h4-6,8-9,12-13H,7,10-11H2,1-3H3. The van der Waals surface area contributed by atoms with E-state index in [-0.39, 0.29) is 5.78 Å². The largest absolute Gasteiger partial charge is 0.493 e. The third kappa shape index (κ3) is 4.25. The van der Waals surface area contributed by atoms with Crippen molar-refractivity contribution in [3.05, 3.63) is 53.6 Å². The van der Waals surface area contributed by atoms with E-state index in [1.54, 1.807) is 33.5 Å². The van der Waals surface area contributed by atoms with E-state index in [0.29, 0.717) is 29.2 Å². The molecule has 0 N–H and O–H groups in total. The first-order chi connectivity index (χ1) is 11.2. The number of Topliss-reactive ketones (excluding diaryl/α,β-unsaturated/α-hetero) is 1. The van der Waals surface area contributed by atoms with Gasteiger partial charge < -0.3 is 14.2 Å². The highest BCUT2D eigenvalue weighted by Crippen LogP contribution is 2.38. The number of ether oxygens (including phenoxy) is 3. The Morgan fingerprint density at radius 2 is 1.52 bits per heavy atom. The van der Waals surface area contributed by atoms with Gasteiger partial charge in [-0.1, -0.05) is 30.3 Å². The fraction of sp³-hybridized carbons (Fsp3) is 0.316. The van der Waals surface area contributed by atoms with E-state index in [1.165, 1.54) is 5.56 Å². The van der Waals surface area contributed by atoms with E-state index in [0.717, 1.165) is 12.8 Å². The highest BCUT2D eigenvalue weighted by molar-refractivity contribution is 5.97. The summed E-state index contributed by atoms with van der Waals surface area (Å²) in [5, 5.41) is 0. The average Bonchev–Trinajstić information content (AvgIpc) is 2.61. The van der Waals surface area contributed by atoms with Gasteiger partial charge in [-0.05, 0) is 30.5 Å². The second-order valence-electron chi connectivity index (χ2n) is 5.18. The molecule has 0 amide bonds. The van der Waals surface area contributed by atoms with Gasteiger partial charge in [0, 0.05) is 12.0 Å². The van der Waals surface area contributed by atoms with Gasteiger partial charge in [0.1, 0.15) is 0 Å². The predicted molar refractivity (Wildman–Crippen MR) is 89.8 cm³/mol. The molecule has 23 heavy (non-hydrogen) atoms. The van der Waals surface area contributed by atoms with Crippen LogP contribution in [0, 0.1) is 0 Å². The van der Waals surface area contributed by atoms with Crippen LogP contribution >= 0.6 is 0 Å². The Hall–Kier alpha value is -2.49. The van der Waals surface area contributed by atoms with Gasteiger partial charge in [-0.3, -0.25) is 4.79 Å². The first kappa shape index (κ1) is 16.9. The summed E-state index contributed by atoms with van der Waals surface area (Å²) < 4.78 is 15.8. The summed E-state index contributed by atoms with van der Waals surface area (Å²) in [5.41, 5.74) is 1.82. The lowest BCUT2D eigenvalue weighted by Gasteiger charge is -2.13. The van der Waals surface area contributed by atoms with Crippen LogP contribution in [0.5, 0.6) is 17.2 Å². The minimum atomic E-state index is 0.0696. The van der Waals surface area contributed by atoms with Gasteiger partial charge in [0.25, 0.3) is 0 Å². The Balaban J connectivity index is 2.07. The number of carbonyl (C=O) groups is 1. The van der Waals surface area contributed by atoms with Crippen LogP contribution in [-0.2, 0) is 6.42 Å². The van der Waals surface area contributed by atoms with Crippen LogP contribution < -0.4 is 14.2 Å². The van der Waals surface area contributed by atoms with Gasteiger partial charge in [-0.25, -0.2) is 0 Å². The Morgan fingerprint density at radius 1 is 0.913 bits per heavy atom. The summed E-state index contributed by atoms with van der Waals surface area (Å²) in [6, 6.07) is 13.6. The third-order valence-electron chi connectivity index (χ3n) is 3.70. The zero-order valence-electron chi connectivity index (χ0n) is 13.8. The first-order valence-corrected chi connectivity index (χ1v) is 7.56. The number of carbonyl (C=O) groups excluding carboxylic acids is 1. The van der Waals surface area contributed by atoms with Crippen molar-refractivity contribution in [2.75, 3.05) is 21.3 Å². The number of aryl methyl sites for hydroxylation is 1. The molecular formula is C19H22O4. The van der Waals surface area contributed by atoms with Crippen molar-refractivity contribution in [3.8, 4) is 17.2 Å². The van der Waals surface area contributed by atoms with Gasteiger partial charge in [-0.15, -0.1) is 0 Å². The van der Waals surface area contributed by atoms with Gasteiger partial charge in [0.15, 0.2) is 17.3 Å². The Morgan fingerprint density at radius 3 is 2.04 bits per heavy atom. The fourth-order valence-corrected chi connectivity index (χ4v) is 2.48. The number of hydrogen-bond acceptors (Lipinski definition) is 4. The summed E-state index contributed by atoms with van der Waals surface area (Å²) in [7, 11) is 4.63. The highest BCUT2D eigenvalue weighted by Gasteiger charge is 2.16.